The highest BCUT2D eigenvalue weighted by Gasteiger charge is 2.15. The van der Waals surface area contributed by atoms with Gasteiger partial charge < -0.3 is 4.74 Å². The summed E-state index contributed by atoms with van der Waals surface area (Å²) in [5.41, 5.74) is 2.40. The third-order valence-electron chi connectivity index (χ3n) is 2.38. The molecule has 0 N–H and O–H groups in total. The third-order valence-corrected chi connectivity index (χ3v) is 2.38. The zero-order valence-corrected chi connectivity index (χ0v) is 8.94. The predicted octanol–water partition coefficient (Wildman–Crippen LogP) is 1.67. The van der Waals surface area contributed by atoms with Crippen LogP contribution >= 0.6 is 0 Å². The van der Waals surface area contributed by atoms with Gasteiger partial charge in [0.15, 0.2) is 5.69 Å². The van der Waals surface area contributed by atoms with Gasteiger partial charge in [-0.05, 0) is 19.1 Å². The number of fused-ring (bicyclic) bond motifs is 1. The van der Waals surface area contributed by atoms with E-state index >= 15 is 0 Å². The van der Waals surface area contributed by atoms with Crippen LogP contribution in [-0.4, -0.2) is 22.9 Å². The van der Waals surface area contributed by atoms with Gasteiger partial charge >= 0.3 is 5.97 Å². The lowest BCUT2D eigenvalue weighted by Gasteiger charge is -1.96. The first kappa shape index (κ1) is 9.71. The molecule has 0 amide bonds. The Kier molecular flexibility index (Phi) is 2.19. The van der Waals surface area contributed by atoms with Crippen molar-refractivity contribution in [2.24, 2.45) is 7.05 Å². The number of carbonyl (C=O) groups excluding carboxylic acids is 1. The fraction of sp³-hybridized carbons (Fsp3) is 0.273. The first-order valence-corrected chi connectivity index (χ1v) is 4.65. The Morgan fingerprint density at radius 3 is 2.87 bits per heavy atom. The molecular weight excluding hydrogens is 192 g/mol. The fourth-order valence-corrected chi connectivity index (χ4v) is 1.63. The highest BCUT2D eigenvalue weighted by atomic mass is 16.5. The maximum Gasteiger partial charge on any atom is 0.359 e. The molecule has 0 bridgehead atoms. The van der Waals surface area contributed by atoms with Crippen LogP contribution in [-0.2, 0) is 11.8 Å². The van der Waals surface area contributed by atoms with Gasteiger partial charge in [0.2, 0.25) is 0 Å². The van der Waals surface area contributed by atoms with E-state index in [2.05, 4.69) is 9.84 Å². The van der Waals surface area contributed by atoms with E-state index in [-0.39, 0.29) is 0 Å². The minimum atomic E-state index is -0.397. The maximum atomic E-state index is 11.5. The number of carbonyl (C=O) groups is 1. The van der Waals surface area contributed by atoms with Crippen LogP contribution in [0.15, 0.2) is 18.2 Å². The topological polar surface area (TPSA) is 44.1 Å². The second-order valence-corrected chi connectivity index (χ2v) is 3.48. The van der Waals surface area contributed by atoms with Crippen molar-refractivity contribution in [2.75, 3.05) is 7.11 Å². The van der Waals surface area contributed by atoms with Gasteiger partial charge in [-0.3, -0.25) is 4.68 Å². The molecule has 0 unspecified atom stereocenters. The Balaban J connectivity index is 2.75. The second kappa shape index (κ2) is 3.38. The molecule has 0 saturated heterocycles. The standard InChI is InChI=1S/C11H12N2O2/c1-7-4-5-9-8(6-7)10(11(14)15-3)12-13(9)2/h4-6H,1-3H3. The summed E-state index contributed by atoms with van der Waals surface area (Å²) in [6.45, 7) is 1.98. The Labute approximate surface area is 87.5 Å². The molecule has 0 aliphatic rings. The maximum absolute atomic E-state index is 11.5. The first-order valence-electron chi connectivity index (χ1n) is 4.65. The molecule has 0 spiro atoms. The fourth-order valence-electron chi connectivity index (χ4n) is 1.63. The molecule has 15 heavy (non-hydrogen) atoms. The van der Waals surface area contributed by atoms with Crippen molar-refractivity contribution in [2.45, 2.75) is 6.92 Å². The average Bonchev–Trinajstić information content (AvgIpc) is 2.54. The summed E-state index contributed by atoms with van der Waals surface area (Å²) in [6, 6.07) is 5.88. The second-order valence-electron chi connectivity index (χ2n) is 3.48. The SMILES string of the molecule is COC(=O)c1nn(C)c2ccc(C)cc12. The summed E-state index contributed by atoms with van der Waals surface area (Å²) in [5.74, 6) is -0.397. The third kappa shape index (κ3) is 1.48. The lowest BCUT2D eigenvalue weighted by molar-refractivity contribution is 0.0595. The quantitative estimate of drug-likeness (QED) is 0.664. The van der Waals surface area contributed by atoms with E-state index in [1.807, 2.05) is 32.2 Å². The van der Waals surface area contributed by atoms with Gasteiger partial charge in [-0.25, -0.2) is 4.79 Å². The average molecular weight is 204 g/mol. The Morgan fingerprint density at radius 1 is 1.47 bits per heavy atom. The molecule has 0 atom stereocenters. The van der Waals surface area contributed by atoms with Crippen LogP contribution < -0.4 is 0 Å². The monoisotopic (exact) mass is 204 g/mol. The van der Waals surface area contributed by atoms with Crippen LogP contribution in [0.4, 0.5) is 0 Å². The number of nitrogens with zero attached hydrogens (tertiary/aromatic N) is 2. The van der Waals surface area contributed by atoms with Crippen molar-refractivity contribution >= 4 is 16.9 Å². The number of ether oxygens (including phenoxy) is 1. The zero-order chi connectivity index (χ0) is 11.0. The Morgan fingerprint density at radius 2 is 2.20 bits per heavy atom. The molecule has 0 radical (unpaired) electrons. The van der Waals surface area contributed by atoms with Gasteiger partial charge in [-0.1, -0.05) is 11.6 Å². The number of hydrogen-bond acceptors (Lipinski definition) is 3. The number of esters is 1. The van der Waals surface area contributed by atoms with Crippen LogP contribution in [0.5, 0.6) is 0 Å². The molecule has 1 heterocycles. The molecule has 4 heteroatoms. The predicted molar refractivity (Wildman–Crippen MR) is 56.8 cm³/mol. The van der Waals surface area contributed by atoms with Crippen LogP contribution in [0, 0.1) is 6.92 Å². The zero-order valence-electron chi connectivity index (χ0n) is 8.94. The van der Waals surface area contributed by atoms with Gasteiger partial charge in [0.05, 0.1) is 12.6 Å². The molecule has 2 aromatic rings. The van der Waals surface area contributed by atoms with Crippen LogP contribution in [0.1, 0.15) is 16.1 Å². The molecule has 1 aromatic heterocycles. The van der Waals surface area contributed by atoms with Crippen LogP contribution in [0.3, 0.4) is 0 Å². The number of aryl methyl sites for hydroxylation is 2. The van der Waals surface area contributed by atoms with Crippen molar-refractivity contribution in [3.05, 3.63) is 29.5 Å². The molecule has 0 aliphatic carbocycles. The van der Waals surface area contributed by atoms with E-state index < -0.39 is 5.97 Å². The van der Waals surface area contributed by atoms with E-state index in [0.717, 1.165) is 16.5 Å². The molecule has 0 aliphatic heterocycles. The molecule has 0 fully saturated rings. The van der Waals surface area contributed by atoms with Crippen LogP contribution in [0.25, 0.3) is 10.9 Å². The largest absolute Gasteiger partial charge is 0.464 e. The van der Waals surface area contributed by atoms with Gasteiger partial charge in [0, 0.05) is 12.4 Å². The number of methoxy groups -OCH3 is 1. The van der Waals surface area contributed by atoms with Gasteiger partial charge in [0.25, 0.3) is 0 Å². The van der Waals surface area contributed by atoms with E-state index in [1.165, 1.54) is 7.11 Å². The molecule has 78 valence electrons. The molecular formula is C11H12N2O2. The van der Waals surface area contributed by atoms with Crippen molar-refractivity contribution in [1.82, 2.24) is 9.78 Å². The Bertz CT molecular complexity index is 529. The molecule has 4 nitrogen and oxygen atoms in total. The van der Waals surface area contributed by atoms with Crippen molar-refractivity contribution in [1.29, 1.82) is 0 Å². The number of benzene rings is 1. The smallest absolute Gasteiger partial charge is 0.359 e. The highest BCUT2D eigenvalue weighted by molar-refractivity contribution is 6.02. The summed E-state index contributed by atoms with van der Waals surface area (Å²) in [5, 5.41) is 4.98. The van der Waals surface area contributed by atoms with Gasteiger partial charge in [-0.2, -0.15) is 5.10 Å². The summed E-state index contributed by atoms with van der Waals surface area (Å²) in [7, 11) is 3.17. The summed E-state index contributed by atoms with van der Waals surface area (Å²) >= 11 is 0. The van der Waals surface area contributed by atoms with Gasteiger partial charge in [-0.15, -0.1) is 0 Å². The van der Waals surface area contributed by atoms with E-state index in [1.54, 1.807) is 4.68 Å². The number of hydrogen-bond donors (Lipinski definition) is 0. The number of aromatic nitrogens is 2. The minimum Gasteiger partial charge on any atom is -0.464 e. The lowest BCUT2D eigenvalue weighted by atomic mass is 10.1. The first-order chi connectivity index (χ1) is 7.13. The highest BCUT2D eigenvalue weighted by Crippen LogP contribution is 2.19. The van der Waals surface area contributed by atoms with Crippen LogP contribution in [0.2, 0.25) is 0 Å². The Hall–Kier alpha value is -1.84. The van der Waals surface area contributed by atoms with Crippen molar-refractivity contribution < 1.29 is 9.53 Å². The summed E-state index contributed by atoms with van der Waals surface area (Å²) in [6.07, 6.45) is 0. The molecule has 1 aromatic carbocycles. The lowest BCUT2D eigenvalue weighted by Crippen LogP contribution is -2.03. The number of rotatable bonds is 1. The molecule has 2 rings (SSSR count). The minimum absolute atomic E-state index is 0.374. The summed E-state index contributed by atoms with van der Waals surface area (Å²) in [4.78, 5) is 11.5. The van der Waals surface area contributed by atoms with E-state index in [4.69, 9.17) is 0 Å². The van der Waals surface area contributed by atoms with E-state index in [0.29, 0.717) is 5.69 Å². The van der Waals surface area contributed by atoms with Crippen molar-refractivity contribution in [3.63, 3.8) is 0 Å². The van der Waals surface area contributed by atoms with Crippen molar-refractivity contribution in [3.8, 4) is 0 Å². The van der Waals surface area contributed by atoms with E-state index in [9.17, 15) is 4.79 Å². The summed E-state index contributed by atoms with van der Waals surface area (Å²) < 4.78 is 6.36. The molecule has 0 saturated carbocycles. The van der Waals surface area contributed by atoms with Gasteiger partial charge in [0.1, 0.15) is 0 Å². The normalized spacial score (nSPS) is 10.6.